The third-order valence-corrected chi connectivity index (χ3v) is 1.95. The van der Waals surface area contributed by atoms with E-state index in [0.29, 0.717) is 0 Å². The summed E-state index contributed by atoms with van der Waals surface area (Å²) in [6, 6.07) is 0. The molecule has 100 valence electrons. The van der Waals surface area contributed by atoms with E-state index in [1.165, 1.54) is 0 Å². The van der Waals surface area contributed by atoms with Gasteiger partial charge in [0.25, 0.3) is 5.78 Å². The molecule has 0 spiro atoms. The van der Waals surface area contributed by atoms with Crippen molar-refractivity contribution in [1.29, 1.82) is 0 Å². The van der Waals surface area contributed by atoms with Crippen molar-refractivity contribution in [3.63, 3.8) is 0 Å². The van der Waals surface area contributed by atoms with Gasteiger partial charge in [0.2, 0.25) is 6.29 Å². The maximum absolute atomic E-state index is 11.0. The third-order valence-electron chi connectivity index (χ3n) is 1.95. The van der Waals surface area contributed by atoms with E-state index < -0.39 is 48.3 Å². The standard InChI is InChI=1S/C8H8O10/c9-1-2(10)6(14)18-8(16)4(12)3(11)7(15)17-5(1)13/h1-3,7,9-11,15H. The van der Waals surface area contributed by atoms with Gasteiger partial charge in [0.15, 0.2) is 18.3 Å². The van der Waals surface area contributed by atoms with E-state index in [4.69, 9.17) is 20.4 Å². The Kier molecular flexibility index (Phi) is 4.08. The van der Waals surface area contributed by atoms with E-state index in [9.17, 15) is 19.2 Å². The van der Waals surface area contributed by atoms with Gasteiger partial charge in [0.1, 0.15) is 0 Å². The van der Waals surface area contributed by atoms with Crippen LogP contribution in [0.2, 0.25) is 0 Å². The molecule has 1 saturated heterocycles. The monoisotopic (exact) mass is 264 g/mol. The second-order valence-corrected chi connectivity index (χ2v) is 3.23. The number of Topliss-reactive ketones (excluding diaryl/α,β-unsaturated/α-hetero) is 1. The summed E-state index contributed by atoms with van der Waals surface area (Å²) in [6.45, 7) is 0. The lowest BCUT2D eigenvalue weighted by atomic mass is 10.2. The maximum atomic E-state index is 11.0. The van der Waals surface area contributed by atoms with Gasteiger partial charge in [0.05, 0.1) is 0 Å². The van der Waals surface area contributed by atoms with Gasteiger partial charge < -0.3 is 29.9 Å². The molecule has 0 amide bonds. The van der Waals surface area contributed by atoms with Crippen LogP contribution in [0.4, 0.5) is 0 Å². The van der Waals surface area contributed by atoms with Crippen molar-refractivity contribution in [3.05, 3.63) is 0 Å². The Hall–Kier alpha value is -1.88. The first-order valence-corrected chi connectivity index (χ1v) is 4.48. The van der Waals surface area contributed by atoms with Gasteiger partial charge in [-0.25, -0.2) is 14.4 Å². The summed E-state index contributed by atoms with van der Waals surface area (Å²) < 4.78 is 7.74. The molecule has 10 heteroatoms. The summed E-state index contributed by atoms with van der Waals surface area (Å²) >= 11 is 0. The predicted octanol–water partition coefficient (Wildman–Crippen LogP) is -4.42. The quantitative estimate of drug-likeness (QED) is 0.190. The van der Waals surface area contributed by atoms with Gasteiger partial charge >= 0.3 is 17.9 Å². The van der Waals surface area contributed by atoms with Crippen LogP contribution in [0.3, 0.4) is 0 Å². The molecule has 0 aliphatic carbocycles. The molecular formula is C8H8O10. The molecular weight excluding hydrogens is 256 g/mol. The van der Waals surface area contributed by atoms with Gasteiger partial charge in [-0.1, -0.05) is 0 Å². The van der Waals surface area contributed by atoms with Crippen LogP contribution >= 0.6 is 0 Å². The van der Waals surface area contributed by atoms with E-state index in [0.717, 1.165) is 0 Å². The van der Waals surface area contributed by atoms with Gasteiger partial charge in [-0.15, -0.1) is 0 Å². The minimum Gasteiger partial charge on any atom is -0.431 e. The number of ether oxygens (including phenoxy) is 2. The number of hydrogen-bond acceptors (Lipinski definition) is 10. The smallest absolute Gasteiger partial charge is 0.385 e. The fraction of sp³-hybridized carbons (Fsp3) is 0.500. The molecule has 1 aliphatic rings. The molecule has 1 fully saturated rings. The van der Waals surface area contributed by atoms with E-state index in [2.05, 4.69) is 9.47 Å². The van der Waals surface area contributed by atoms with Crippen molar-refractivity contribution in [2.45, 2.75) is 24.6 Å². The zero-order chi connectivity index (χ0) is 14.0. The van der Waals surface area contributed by atoms with Crippen molar-refractivity contribution in [2.24, 2.45) is 0 Å². The highest BCUT2D eigenvalue weighted by atomic mass is 16.7. The minimum atomic E-state index is -2.48. The molecule has 18 heavy (non-hydrogen) atoms. The van der Waals surface area contributed by atoms with E-state index >= 15 is 0 Å². The lowest BCUT2D eigenvalue weighted by Crippen LogP contribution is -2.50. The summed E-state index contributed by atoms with van der Waals surface area (Å²) in [4.78, 5) is 44.0. The average Bonchev–Trinajstić information content (AvgIpc) is 2.33. The van der Waals surface area contributed by atoms with Crippen LogP contribution in [0, 0.1) is 0 Å². The van der Waals surface area contributed by atoms with Gasteiger partial charge in [-0.3, -0.25) is 4.79 Å². The van der Waals surface area contributed by atoms with Crippen LogP contribution in [-0.2, 0) is 28.7 Å². The Morgan fingerprint density at radius 1 is 0.778 bits per heavy atom. The first-order chi connectivity index (χ1) is 8.25. The molecule has 1 rings (SSSR count). The number of cyclic esters (lactones) is 3. The van der Waals surface area contributed by atoms with E-state index in [-0.39, 0.29) is 0 Å². The normalized spacial score (nSPS) is 34.9. The fourth-order valence-corrected chi connectivity index (χ4v) is 0.963. The largest absolute Gasteiger partial charge is 0.431 e. The third kappa shape index (κ3) is 2.68. The topological polar surface area (TPSA) is 168 Å². The van der Waals surface area contributed by atoms with E-state index in [1.54, 1.807) is 0 Å². The van der Waals surface area contributed by atoms with Crippen LogP contribution in [0.5, 0.6) is 0 Å². The van der Waals surface area contributed by atoms with Crippen LogP contribution < -0.4 is 0 Å². The Bertz CT molecular complexity index is 401. The predicted molar refractivity (Wildman–Crippen MR) is 46.2 cm³/mol. The summed E-state index contributed by atoms with van der Waals surface area (Å²) in [5, 5.41) is 36.2. The molecule has 0 radical (unpaired) electrons. The second kappa shape index (κ2) is 5.18. The molecule has 1 heterocycles. The lowest BCUT2D eigenvalue weighted by Gasteiger charge is -2.21. The van der Waals surface area contributed by atoms with Gasteiger partial charge in [-0.2, -0.15) is 0 Å². The maximum Gasteiger partial charge on any atom is 0.385 e. The van der Waals surface area contributed by atoms with Crippen LogP contribution in [0.15, 0.2) is 0 Å². The number of carbonyl (C=O) groups is 4. The molecule has 10 nitrogen and oxygen atoms in total. The van der Waals surface area contributed by atoms with Crippen molar-refractivity contribution in [2.75, 3.05) is 0 Å². The van der Waals surface area contributed by atoms with Crippen LogP contribution in [0.25, 0.3) is 0 Å². The number of esters is 3. The highest BCUT2D eigenvalue weighted by Crippen LogP contribution is 2.08. The van der Waals surface area contributed by atoms with Crippen LogP contribution in [-0.4, -0.2) is 68.7 Å². The average molecular weight is 264 g/mol. The first-order valence-electron chi connectivity index (χ1n) is 4.48. The number of carbonyl (C=O) groups excluding carboxylic acids is 4. The second-order valence-electron chi connectivity index (χ2n) is 3.23. The number of aliphatic hydroxyl groups is 4. The summed E-state index contributed by atoms with van der Waals surface area (Å²) in [5.41, 5.74) is 0. The highest BCUT2D eigenvalue weighted by molar-refractivity contribution is 6.37. The zero-order valence-corrected chi connectivity index (χ0v) is 8.55. The van der Waals surface area contributed by atoms with Crippen LogP contribution in [0.1, 0.15) is 0 Å². The molecule has 0 aromatic heterocycles. The fourth-order valence-electron chi connectivity index (χ4n) is 0.963. The van der Waals surface area contributed by atoms with Gasteiger partial charge in [-0.05, 0) is 0 Å². The Morgan fingerprint density at radius 3 is 1.83 bits per heavy atom. The summed E-state index contributed by atoms with van der Waals surface area (Å²) in [6.07, 6.45) is -9.85. The molecule has 4 unspecified atom stereocenters. The Balaban J connectivity index is 3.04. The molecule has 0 bridgehead atoms. The Labute approximate surface area is 98.3 Å². The summed E-state index contributed by atoms with van der Waals surface area (Å²) in [7, 11) is 0. The Morgan fingerprint density at radius 2 is 1.28 bits per heavy atom. The number of hydrogen-bond donors (Lipinski definition) is 4. The minimum absolute atomic E-state index is 1.69. The number of aliphatic hydroxyl groups excluding tert-OH is 4. The molecule has 1 aliphatic heterocycles. The number of rotatable bonds is 0. The van der Waals surface area contributed by atoms with Crippen molar-refractivity contribution >= 4 is 23.7 Å². The molecule has 0 saturated carbocycles. The first kappa shape index (κ1) is 14.2. The molecule has 4 N–H and O–H groups in total. The molecule has 0 aromatic rings. The highest BCUT2D eigenvalue weighted by Gasteiger charge is 2.42. The van der Waals surface area contributed by atoms with Gasteiger partial charge in [0, 0.05) is 0 Å². The molecule has 4 atom stereocenters. The number of ketones is 1. The molecule has 0 aromatic carbocycles. The SMILES string of the molecule is O=C1OC(=O)C(O)C(O)C(=O)OC(O)C(O)C1=O. The van der Waals surface area contributed by atoms with Crippen molar-refractivity contribution < 1.29 is 49.1 Å². The van der Waals surface area contributed by atoms with E-state index in [1.807, 2.05) is 0 Å². The zero-order valence-electron chi connectivity index (χ0n) is 8.55. The van der Waals surface area contributed by atoms with Crippen molar-refractivity contribution in [3.8, 4) is 0 Å². The summed E-state index contributed by atoms with van der Waals surface area (Å²) in [5.74, 6) is -7.10. The van der Waals surface area contributed by atoms with Crippen molar-refractivity contribution in [1.82, 2.24) is 0 Å². The lowest BCUT2D eigenvalue weighted by molar-refractivity contribution is -0.208.